The summed E-state index contributed by atoms with van der Waals surface area (Å²) in [4.78, 5) is 12.7. The Morgan fingerprint density at radius 1 is 1.11 bits per heavy atom. The first-order chi connectivity index (χ1) is 13.0. The maximum atomic E-state index is 12.7. The molecule has 2 aromatic rings. The average molecular weight is 465 g/mol. The molecule has 28 heavy (non-hydrogen) atoms. The van der Waals surface area contributed by atoms with Crippen molar-refractivity contribution < 1.29 is 13.2 Å². The minimum absolute atomic E-state index is 0.248. The van der Waals surface area contributed by atoms with E-state index in [9.17, 15) is 13.2 Å². The molecule has 0 bridgehead atoms. The largest absolute Gasteiger partial charge is 0.352 e. The molecule has 1 amide bonds. The summed E-state index contributed by atoms with van der Waals surface area (Å²) >= 11 is 3.33. The third-order valence-electron chi connectivity index (χ3n) is 4.17. The number of anilines is 1. The summed E-state index contributed by atoms with van der Waals surface area (Å²) in [6.07, 6.45) is 0.590. The quantitative estimate of drug-likeness (QED) is 0.616. The van der Waals surface area contributed by atoms with Crippen molar-refractivity contribution in [3.8, 4) is 0 Å². The van der Waals surface area contributed by atoms with Gasteiger partial charge in [0.05, 0.1) is 16.0 Å². The van der Waals surface area contributed by atoms with Gasteiger partial charge < -0.3 is 5.32 Å². The number of amides is 1. The van der Waals surface area contributed by atoms with Gasteiger partial charge in [-0.3, -0.25) is 9.52 Å². The minimum atomic E-state index is -3.65. The zero-order chi connectivity index (χ0) is 20.9. The number of hydrogen-bond donors (Lipinski definition) is 2. The lowest BCUT2D eigenvalue weighted by Crippen LogP contribution is -2.34. The molecule has 0 saturated carbocycles. The van der Waals surface area contributed by atoms with Gasteiger partial charge in [0.25, 0.3) is 5.91 Å². The van der Waals surface area contributed by atoms with Crippen LogP contribution in [-0.4, -0.2) is 25.6 Å². The molecule has 0 aliphatic rings. The monoisotopic (exact) mass is 464 g/mol. The summed E-state index contributed by atoms with van der Waals surface area (Å²) in [6.45, 7) is 9.25. The van der Waals surface area contributed by atoms with E-state index >= 15 is 0 Å². The lowest BCUT2D eigenvalue weighted by Gasteiger charge is -2.21. The lowest BCUT2D eigenvalue weighted by atomic mass is 10.0. The third kappa shape index (κ3) is 5.69. The van der Waals surface area contributed by atoms with E-state index in [0.717, 1.165) is 11.1 Å². The van der Waals surface area contributed by atoms with E-state index in [1.165, 1.54) is 0 Å². The molecule has 5 nitrogen and oxygen atoms in total. The van der Waals surface area contributed by atoms with Crippen molar-refractivity contribution in [1.82, 2.24) is 5.32 Å². The van der Waals surface area contributed by atoms with Crippen LogP contribution in [0.5, 0.6) is 0 Å². The van der Waals surface area contributed by atoms with Gasteiger partial charge in [-0.2, -0.15) is 0 Å². The molecule has 0 aromatic heterocycles. The summed E-state index contributed by atoms with van der Waals surface area (Å²) < 4.78 is 27.2. The first kappa shape index (κ1) is 22.2. The number of hydrogen-bond acceptors (Lipinski definition) is 3. The second kappa shape index (κ2) is 8.92. The van der Waals surface area contributed by atoms with Gasteiger partial charge in [-0.05, 0) is 56.5 Å². The zero-order valence-corrected chi connectivity index (χ0v) is 18.7. The Hall–Kier alpha value is -2.12. The molecule has 0 saturated heterocycles. The Morgan fingerprint density at radius 3 is 2.36 bits per heavy atom. The standard InChI is InChI=1S/C21H25BrN2O3S/c1-15(16-8-6-5-7-9-16)12-13-23-20(25)18-14-17(22)10-11-19(18)24-28(26,27)21(2,3)4/h5-11,14,24H,1,12-13H2,2-4H3,(H,23,25). The molecule has 0 unspecified atom stereocenters. The lowest BCUT2D eigenvalue weighted by molar-refractivity contribution is 0.0955. The summed E-state index contributed by atoms with van der Waals surface area (Å²) in [5, 5.41) is 2.84. The van der Waals surface area contributed by atoms with Crippen molar-refractivity contribution in [3.05, 3.63) is 70.7 Å². The Bertz CT molecular complexity index is 965. The molecule has 0 radical (unpaired) electrons. The number of benzene rings is 2. The average Bonchev–Trinajstić information content (AvgIpc) is 2.62. The minimum Gasteiger partial charge on any atom is -0.352 e. The molecule has 2 aromatic carbocycles. The van der Waals surface area contributed by atoms with Crippen molar-refractivity contribution >= 4 is 43.1 Å². The Labute approximate surface area is 175 Å². The summed E-state index contributed by atoms with van der Waals surface area (Å²) in [7, 11) is -3.65. The molecule has 2 rings (SSSR count). The SMILES string of the molecule is C=C(CCNC(=O)c1cc(Br)ccc1NS(=O)(=O)C(C)(C)C)c1ccccc1. The highest BCUT2D eigenvalue weighted by Crippen LogP contribution is 2.25. The number of rotatable bonds is 7. The van der Waals surface area contributed by atoms with Crippen LogP contribution >= 0.6 is 15.9 Å². The fourth-order valence-electron chi connectivity index (χ4n) is 2.33. The van der Waals surface area contributed by atoms with E-state index in [1.54, 1.807) is 39.0 Å². The molecule has 7 heteroatoms. The smallest absolute Gasteiger partial charge is 0.253 e. The van der Waals surface area contributed by atoms with Gasteiger partial charge >= 0.3 is 0 Å². The topological polar surface area (TPSA) is 75.3 Å². The molecule has 150 valence electrons. The fraction of sp³-hybridized carbons (Fsp3) is 0.286. The first-order valence-corrected chi connectivity index (χ1v) is 11.1. The number of halogens is 1. The Balaban J connectivity index is 2.10. The molecule has 0 atom stereocenters. The summed E-state index contributed by atoms with van der Waals surface area (Å²) in [5.41, 5.74) is 2.45. The maximum absolute atomic E-state index is 12.7. The highest BCUT2D eigenvalue weighted by Gasteiger charge is 2.30. The van der Waals surface area contributed by atoms with Gasteiger partial charge in [-0.25, -0.2) is 8.42 Å². The maximum Gasteiger partial charge on any atom is 0.253 e. The second-order valence-electron chi connectivity index (χ2n) is 7.38. The third-order valence-corrected chi connectivity index (χ3v) is 6.77. The van der Waals surface area contributed by atoms with Crippen LogP contribution in [0.15, 0.2) is 59.6 Å². The van der Waals surface area contributed by atoms with Gasteiger partial charge in [0.2, 0.25) is 10.0 Å². The van der Waals surface area contributed by atoms with Crippen LogP contribution in [0, 0.1) is 0 Å². The number of carbonyl (C=O) groups is 1. The van der Waals surface area contributed by atoms with Gasteiger partial charge in [0.15, 0.2) is 0 Å². The summed E-state index contributed by atoms with van der Waals surface area (Å²) in [6, 6.07) is 14.6. The van der Waals surface area contributed by atoms with Crippen molar-refractivity contribution in [2.75, 3.05) is 11.3 Å². The molecule has 0 spiro atoms. The van der Waals surface area contributed by atoms with E-state index in [-0.39, 0.29) is 17.2 Å². The fourth-order valence-corrected chi connectivity index (χ4v) is 3.47. The number of sulfonamides is 1. The predicted molar refractivity (Wildman–Crippen MR) is 119 cm³/mol. The van der Waals surface area contributed by atoms with Crippen LogP contribution in [0.1, 0.15) is 43.1 Å². The number of nitrogens with one attached hydrogen (secondary N) is 2. The molecule has 2 N–H and O–H groups in total. The van der Waals surface area contributed by atoms with E-state index in [0.29, 0.717) is 17.4 Å². The second-order valence-corrected chi connectivity index (χ2v) is 10.7. The van der Waals surface area contributed by atoms with Crippen LogP contribution in [0.25, 0.3) is 5.57 Å². The molecular formula is C21H25BrN2O3S. The predicted octanol–water partition coefficient (Wildman–Crippen LogP) is 4.82. The van der Waals surface area contributed by atoms with Crippen LogP contribution in [0.2, 0.25) is 0 Å². The molecule has 0 aliphatic heterocycles. The van der Waals surface area contributed by atoms with Crippen molar-refractivity contribution in [2.45, 2.75) is 31.9 Å². The van der Waals surface area contributed by atoms with Crippen LogP contribution in [0.4, 0.5) is 5.69 Å². The highest BCUT2D eigenvalue weighted by molar-refractivity contribution is 9.10. The van der Waals surface area contributed by atoms with Crippen molar-refractivity contribution in [1.29, 1.82) is 0 Å². The normalized spacial score (nSPS) is 11.7. The molecule has 0 heterocycles. The molecular weight excluding hydrogens is 440 g/mol. The highest BCUT2D eigenvalue weighted by atomic mass is 79.9. The molecule has 0 aliphatic carbocycles. The zero-order valence-electron chi connectivity index (χ0n) is 16.3. The van der Waals surface area contributed by atoms with E-state index in [4.69, 9.17) is 0 Å². The van der Waals surface area contributed by atoms with Gasteiger partial charge in [0.1, 0.15) is 0 Å². The van der Waals surface area contributed by atoms with Crippen molar-refractivity contribution in [3.63, 3.8) is 0 Å². The van der Waals surface area contributed by atoms with E-state index in [2.05, 4.69) is 32.5 Å². The Morgan fingerprint density at radius 2 is 1.75 bits per heavy atom. The first-order valence-electron chi connectivity index (χ1n) is 8.84. The van der Waals surface area contributed by atoms with E-state index in [1.807, 2.05) is 30.3 Å². The number of carbonyl (C=O) groups excluding carboxylic acids is 1. The Kier molecular flexibility index (Phi) is 7.06. The van der Waals surface area contributed by atoms with Crippen molar-refractivity contribution in [2.24, 2.45) is 0 Å². The van der Waals surface area contributed by atoms with Crippen LogP contribution in [0.3, 0.4) is 0 Å². The molecule has 0 fully saturated rings. The van der Waals surface area contributed by atoms with Crippen LogP contribution in [-0.2, 0) is 10.0 Å². The van der Waals surface area contributed by atoms with E-state index < -0.39 is 14.8 Å². The van der Waals surface area contributed by atoms with Gasteiger partial charge in [-0.1, -0.05) is 52.8 Å². The van der Waals surface area contributed by atoms with Crippen LogP contribution < -0.4 is 10.0 Å². The van der Waals surface area contributed by atoms with Gasteiger partial charge in [-0.15, -0.1) is 0 Å². The summed E-state index contributed by atoms with van der Waals surface area (Å²) in [5.74, 6) is -0.353. The van der Waals surface area contributed by atoms with Gasteiger partial charge in [0, 0.05) is 11.0 Å².